The molecule has 0 atom stereocenters. The van der Waals surface area contributed by atoms with E-state index in [0.717, 1.165) is 18.7 Å². The van der Waals surface area contributed by atoms with Gasteiger partial charge in [0.1, 0.15) is 0 Å². The molecule has 18 heavy (non-hydrogen) atoms. The lowest BCUT2D eigenvalue weighted by atomic mass is 10.1. The summed E-state index contributed by atoms with van der Waals surface area (Å²) in [6.45, 7) is 15.5. The maximum atomic E-state index is 11.8. The molecule has 0 bridgehead atoms. The van der Waals surface area contributed by atoms with E-state index in [0.29, 0.717) is 0 Å². The van der Waals surface area contributed by atoms with Gasteiger partial charge >= 0.3 is 0 Å². The molecule has 0 aromatic heterocycles. The Morgan fingerprint density at radius 3 is 1.67 bits per heavy atom. The minimum absolute atomic E-state index is 0.120. The molecule has 0 aliphatic heterocycles. The summed E-state index contributed by atoms with van der Waals surface area (Å²) < 4.78 is 0. The van der Waals surface area contributed by atoms with Crippen molar-refractivity contribution >= 4 is 5.91 Å². The van der Waals surface area contributed by atoms with Gasteiger partial charge in [-0.3, -0.25) is 4.79 Å². The fourth-order valence-corrected chi connectivity index (χ4v) is 1.39. The first-order valence-electron chi connectivity index (χ1n) is 7.05. The van der Waals surface area contributed by atoms with Crippen molar-refractivity contribution in [1.82, 2.24) is 4.90 Å². The zero-order valence-electron chi connectivity index (χ0n) is 13.1. The molecule has 0 saturated heterocycles. The molecule has 0 heterocycles. The van der Waals surface area contributed by atoms with Crippen LogP contribution in [0.2, 0.25) is 0 Å². The lowest BCUT2D eigenvalue weighted by Crippen LogP contribution is -2.30. The fourth-order valence-electron chi connectivity index (χ4n) is 1.39. The highest BCUT2D eigenvalue weighted by molar-refractivity contribution is 5.94. The van der Waals surface area contributed by atoms with Gasteiger partial charge in [-0.1, -0.05) is 45.4 Å². The van der Waals surface area contributed by atoms with Crippen LogP contribution in [0.5, 0.6) is 0 Å². The number of hydrogen-bond acceptors (Lipinski definition) is 1. The molecule has 0 unspecified atom stereocenters. The van der Waals surface area contributed by atoms with Crippen LogP contribution in [0.25, 0.3) is 0 Å². The number of amides is 1. The molecular formula is C16H29NO. The third kappa shape index (κ3) is 6.43. The van der Waals surface area contributed by atoms with E-state index in [1.165, 1.54) is 5.56 Å². The quantitative estimate of drug-likeness (QED) is 0.773. The average Bonchev–Trinajstić information content (AvgIpc) is 2.45. The van der Waals surface area contributed by atoms with Gasteiger partial charge in [0.05, 0.1) is 0 Å². The second-order valence-corrected chi connectivity index (χ2v) is 3.34. The van der Waals surface area contributed by atoms with Gasteiger partial charge in [-0.05, 0) is 32.9 Å². The van der Waals surface area contributed by atoms with Crippen LogP contribution in [0.1, 0.15) is 57.5 Å². The van der Waals surface area contributed by atoms with Crippen molar-refractivity contribution in [3.05, 3.63) is 35.4 Å². The van der Waals surface area contributed by atoms with Gasteiger partial charge in [-0.15, -0.1) is 0 Å². The molecule has 1 rings (SSSR count). The number of carbonyl (C=O) groups excluding carboxylic acids is 1. The van der Waals surface area contributed by atoms with E-state index in [-0.39, 0.29) is 5.91 Å². The molecule has 1 aromatic carbocycles. The van der Waals surface area contributed by atoms with Gasteiger partial charge < -0.3 is 4.90 Å². The Kier molecular flexibility index (Phi) is 12.9. The van der Waals surface area contributed by atoms with Crippen LogP contribution in [0.3, 0.4) is 0 Å². The van der Waals surface area contributed by atoms with Crippen molar-refractivity contribution in [1.29, 1.82) is 0 Å². The van der Waals surface area contributed by atoms with Gasteiger partial charge in [0.25, 0.3) is 5.91 Å². The Morgan fingerprint density at radius 2 is 1.33 bits per heavy atom. The Labute approximate surface area is 113 Å². The zero-order chi connectivity index (χ0) is 14.6. The van der Waals surface area contributed by atoms with Crippen LogP contribution in [0, 0.1) is 6.92 Å². The van der Waals surface area contributed by atoms with Crippen molar-refractivity contribution in [3.8, 4) is 0 Å². The van der Waals surface area contributed by atoms with Gasteiger partial charge in [0.15, 0.2) is 0 Å². The first-order chi connectivity index (χ1) is 8.69. The third-order valence-corrected chi connectivity index (χ3v) is 2.35. The fraction of sp³-hybridized carbons (Fsp3) is 0.562. The summed E-state index contributed by atoms with van der Waals surface area (Å²) in [5.41, 5.74) is 1.96. The molecule has 0 saturated carbocycles. The minimum Gasteiger partial charge on any atom is -0.339 e. The van der Waals surface area contributed by atoms with Crippen molar-refractivity contribution in [2.24, 2.45) is 0 Å². The van der Waals surface area contributed by atoms with E-state index < -0.39 is 0 Å². The summed E-state index contributed by atoms with van der Waals surface area (Å²) in [5.74, 6) is 0.120. The molecule has 104 valence electrons. The number of carbonyl (C=O) groups is 1. The standard InChI is InChI=1S/C12H17NO.2C2H6/c1-4-13(5-2)12(14)11-8-6-10(3)7-9-11;2*1-2/h6-9H,4-5H2,1-3H3;2*1-2H3. The van der Waals surface area contributed by atoms with Crippen LogP contribution < -0.4 is 0 Å². The predicted molar refractivity (Wildman–Crippen MR) is 81.1 cm³/mol. The van der Waals surface area contributed by atoms with Crippen molar-refractivity contribution in [2.75, 3.05) is 13.1 Å². The number of hydrogen-bond donors (Lipinski definition) is 0. The molecule has 0 N–H and O–H groups in total. The van der Waals surface area contributed by atoms with E-state index in [9.17, 15) is 4.79 Å². The molecule has 0 spiro atoms. The van der Waals surface area contributed by atoms with E-state index in [4.69, 9.17) is 0 Å². The third-order valence-electron chi connectivity index (χ3n) is 2.35. The van der Waals surface area contributed by atoms with E-state index >= 15 is 0 Å². The van der Waals surface area contributed by atoms with E-state index in [1.807, 2.05) is 77.6 Å². The molecule has 0 fully saturated rings. The smallest absolute Gasteiger partial charge is 0.253 e. The Hall–Kier alpha value is -1.31. The Balaban J connectivity index is 0. The number of nitrogens with zero attached hydrogens (tertiary/aromatic N) is 1. The van der Waals surface area contributed by atoms with E-state index in [2.05, 4.69) is 0 Å². The summed E-state index contributed by atoms with van der Waals surface area (Å²) in [4.78, 5) is 13.7. The molecule has 0 radical (unpaired) electrons. The molecule has 0 aliphatic rings. The number of aryl methyl sites for hydroxylation is 1. The van der Waals surface area contributed by atoms with Crippen LogP contribution in [0.15, 0.2) is 24.3 Å². The normalized spacial score (nSPS) is 8.39. The lowest BCUT2D eigenvalue weighted by Gasteiger charge is -2.18. The van der Waals surface area contributed by atoms with Crippen molar-refractivity contribution in [3.63, 3.8) is 0 Å². The van der Waals surface area contributed by atoms with Gasteiger partial charge in [-0.2, -0.15) is 0 Å². The second kappa shape index (κ2) is 12.2. The molecule has 1 aromatic rings. The Bertz CT molecular complexity index is 299. The summed E-state index contributed by atoms with van der Waals surface area (Å²) >= 11 is 0. The second-order valence-electron chi connectivity index (χ2n) is 3.34. The maximum absolute atomic E-state index is 11.8. The van der Waals surface area contributed by atoms with Crippen LogP contribution in [0.4, 0.5) is 0 Å². The topological polar surface area (TPSA) is 20.3 Å². The predicted octanol–water partition coefficient (Wildman–Crippen LogP) is 4.53. The SMILES string of the molecule is CC.CC.CCN(CC)C(=O)c1ccc(C)cc1. The molecule has 1 amide bonds. The van der Waals surface area contributed by atoms with Crippen LogP contribution in [-0.4, -0.2) is 23.9 Å². The Morgan fingerprint density at radius 1 is 0.944 bits per heavy atom. The van der Waals surface area contributed by atoms with Crippen LogP contribution >= 0.6 is 0 Å². The number of benzene rings is 1. The molecule has 2 heteroatoms. The average molecular weight is 251 g/mol. The van der Waals surface area contributed by atoms with Crippen molar-refractivity contribution in [2.45, 2.75) is 48.5 Å². The van der Waals surface area contributed by atoms with Crippen LogP contribution in [-0.2, 0) is 0 Å². The summed E-state index contributed by atoms with van der Waals surface area (Å²) in [6.07, 6.45) is 0. The van der Waals surface area contributed by atoms with E-state index in [1.54, 1.807) is 0 Å². The summed E-state index contributed by atoms with van der Waals surface area (Å²) in [6, 6.07) is 7.71. The first kappa shape index (κ1) is 19.0. The van der Waals surface area contributed by atoms with Crippen molar-refractivity contribution < 1.29 is 4.79 Å². The maximum Gasteiger partial charge on any atom is 0.253 e. The molecule has 2 nitrogen and oxygen atoms in total. The zero-order valence-corrected chi connectivity index (χ0v) is 13.1. The van der Waals surface area contributed by atoms with Gasteiger partial charge in [0.2, 0.25) is 0 Å². The first-order valence-corrected chi connectivity index (χ1v) is 7.05. The largest absolute Gasteiger partial charge is 0.339 e. The minimum atomic E-state index is 0.120. The highest BCUT2D eigenvalue weighted by Crippen LogP contribution is 2.06. The van der Waals surface area contributed by atoms with Gasteiger partial charge in [0, 0.05) is 18.7 Å². The summed E-state index contributed by atoms with van der Waals surface area (Å²) in [7, 11) is 0. The lowest BCUT2D eigenvalue weighted by molar-refractivity contribution is 0.0773. The highest BCUT2D eigenvalue weighted by atomic mass is 16.2. The molecule has 0 aliphatic carbocycles. The molecular weight excluding hydrogens is 222 g/mol. The monoisotopic (exact) mass is 251 g/mol. The van der Waals surface area contributed by atoms with Gasteiger partial charge in [-0.25, -0.2) is 0 Å². The number of rotatable bonds is 3. The highest BCUT2D eigenvalue weighted by Gasteiger charge is 2.10. The summed E-state index contributed by atoms with van der Waals surface area (Å²) in [5, 5.41) is 0.